The Kier molecular flexibility index (Phi) is 6.97. The van der Waals surface area contributed by atoms with Crippen molar-refractivity contribution < 1.29 is 14.0 Å². The maximum atomic E-state index is 12.9. The summed E-state index contributed by atoms with van der Waals surface area (Å²) >= 11 is 0. The molecule has 2 rings (SSSR count). The molecule has 1 saturated heterocycles. The van der Waals surface area contributed by atoms with Gasteiger partial charge in [0.1, 0.15) is 5.82 Å². The van der Waals surface area contributed by atoms with Crippen molar-refractivity contribution in [2.45, 2.75) is 19.9 Å². The fraction of sp³-hybridized carbons (Fsp3) is 0.500. The molecule has 1 aliphatic heterocycles. The maximum Gasteiger partial charge on any atom is 0.253 e. The minimum absolute atomic E-state index is 0. The summed E-state index contributed by atoms with van der Waals surface area (Å²) in [5.41, 5.74) is 6.23. The molecule has 128 valence electrons. The molecule has 5 nitrogen and oxygen atoms in total. The van der Waals surface area contributed by atoms with Gasteiger partial charge >= 0.3 is 0 Å². The fourth-order valence-corrected chi connectivity index (χ4v) is 2.42. The molecule has 0 aliphatic carbocycles. The van der Waals surface area contributed by atoms with Gasteiger partial charge in [-0.2, -0.15) is 0 Å². The SMILES string of the molecule is CC(N)C(C)C(=O)N1CCN(C(=O)c2ccc(F)cc2)CC1.Cl. The third kappa shape index (κ3) is 4.65. The van der Waals surface area contributed by atoms with Crippen molar-refractivity contribution in [3.8, 4) is 0 Å². The Morgan fingerprint density at radius 1 is 1.04 bits per heavy atom. The second-order valence-corrected chi connectivity index (χ2v) is 5.77. The Bertz CT molecular complexity index is 543. The highest BCUT2D eigenvalue weighted by molar-refractivity contribution is 5.94. The van der Waals surface area contributed by atoms with Gasteiger partial charge in [-0.3, -0.25) is 9.59 Å². The molecule has 0 saturated carbocycles. The van der Waals surface area contributed by atoms with Crippen LogP contribution in [0.2, 0.25) is 0 Å². The molecule has 1 heterocycles. The zero-order valence-corrected chi connectivity index (χ0v) is 14.2. The molecule has 0 radical (unpaired) electrons. The summed E-state index contributed by atoms with van der Waals surface area (Å²) in [5.74, 6) is -0.688. The van der Waals surface area contributed by atoms with E-state index in [0.717, 1.165) is 0 Å². The number of amides is 2. The Labute approximate surface area is 142 Å². The van der Waals surface area contributed by atoms with E-state index in [1.54, 1.807) is 9.80 Å². The predicted molar refractivity (Wildman–Crippen MR) is 88.9 cm³/mol. The zero-order chi connectivity index (χ0) is 16.3. The lowest BCUT2D eigenvalue weighted by molar-refractivity contribution is -0.137. The molecule has 1 aromatic rings. The van der Waals surface area contributed by atoms with Gasteiger partial charge in [0.25, 0.3) is 5.91 Å². The highest BCUT2D eigenvalue weighted by Gasteiger charge is 2.28. The van der Waals surface area contributed by atoms with Crippen LogP contribution in [0.1, 0.15) is 24.2 Å². The van der Waals surface area contributed by atoms with Crippen LogP contribution < -0.4 is 5.73 Å². The van der Waals surface area contributed by atoms with Gasteiger partial charge in [-0.05, 0) is 31.2 Å². The largest absolute Gasteiger partial charge is 0.339 e. The quantitative estimate of drug-likeness (QED) is 0.904. The minimum Gasteiger partial charge on any atom is -0.339 e. The van der Waals surface area contributed by atoms with E-state index < -0.39 is 0 Å². The van der Waals surface area contributed by atoms with Crippen molar-refractivity contribution in [2.75, 3.05) is 26.2 Å². The zero-order valence-electron chi connectivity index (χ0n) is 13.4. The van der Waals surface area contributed by atoms with Crippen molar-refractivity contribution in [1.29, 1.82) is 0 Å². The number of rotatable bonds is 3. The number of hydrogen-bond acceptors (Lipinski definition) is 3. The topological polar surface area (TPSA) is 66.6 Å². The van der Waals surface area contributed by atoms with Crippen LogP contribution >= 0.6 is 12.4 Å². The van der Waals surface area contributed by atoms with Crippen LogP contribution in [0.5, 0.6) is 0 Å². The number of halogens is 2. The normalized spacial score (nSPS) is 17.2. The predicted octanol–water partition coefficient (Wildman–Crippen LogP) is 1.52. The van der Waals surface area contributed by atoms with Gasteiger partial charge in [-0.25, -0.2) is 4.39 Å². The van der Waals surface area contributed by atoms with Crippen molar-refractivity contribution in [1.82, 2.24) is 9.80 Å². The van der Waals surface area contributed by atoms with E-state index in [1.165, 1.54) is 24.3 Å². The Hall–Kier alpha value is -1.66. The van der Waals surface area contributed by atoms with Crippen LogP contribution in [0, 0.1) is 11.7 Å². The standard InChI is InChI=1S/C16H22FN3O2.ClH/c1-11(12(2)18)15(21)19-7-9-20(10-8-19)16(22)13-3-5-14(17)6-4-13;/h3-6,11-12H,7-10,18H2,1-2H3;1H. The Balaban J connectivity index is 0.00000264. The number of carbonyl (C=O) groups is 2. The first-order chi connectivity index (χ1) is 10.4. The molecule has 2 amide bonds. The van der Waals surface area contributed by atoms with E-state index in [0.29, 0.717) is 31.7 Å². The third-order valence-corrected chi connectivity index (χ3v) is 4.15. The first-order valence-corrected chi connectivity index (χ1v) is 7.49. The molecule has 2 atom stereocenters. The maximum absolute atomic E-state index is 12.9. The monoisotopic (exact) mass is 343 g/mol. The number of nitrogens with two attached hydrogens (primary N) is 1. The average Bonchev–Trinajstić information content (AvgIpc) is 2.53. The number of piperazine rings is 1. The lowest BCUT2D eigenvalue weighted by Gasteiger charge is -2.36. The van der Waals surface area contributed by atoms with E-state index in [1.807, 2.05) is 13.8 Å². The first-order valence-electron chi connectivity index (χ1n) is 7.49. The van der Waals surface area contributed by atoms with E-state index in [2.05, 4.69) is 0 Å². The van der Waals surface area contributed by atoms with Crippen molar-refractivity contribution in [3.05, 3.63) is 35.6 Å². The van der Waals surface area contributed by atoms with Crippen LogP contribution in [0.25, 0.3) is 0 Å². The highest BCUT2D eigenvalue weighted by atomic mass is 35.5. The fourth-order valence-electron chi connectivity index (χ4n) is 2.42. The summed E-state index contributed by atoms with van der Waals surface area (Å²) in [7, 11) is 0. The van der Waals surface area contributed by atoms with Crippen molar-refractivity contribution >= 4 is 24.2 Å². The van der Waals surface area contributed by atoms with E-state index in [-0.39, 0.29) is 42.0 Å². The molecule has 0 spiro atoms. The molecule has 7 heteroatoms. The number of hydrogen-bond donors (Lipinski definition) is 1. The molecule has 0 bridgehead atoms. The second kappa shape index (κ2) is 8.26. The van der Waals surface area contributed by atoms with Gasteiger partial charge < -0.3 is 15.5 Å². The van der Waals surface area contributed by atoms with Crippen LogP contribution in [-0.4, -0.2) is 53.8 Å². The molecule has 2 unspecified atom stereocenters. The Morgan fingerprint density at radius 2 is 1.52 bits per heavy atom. The van der Waals surface area contributed by atoms with Gasteiger partial charge in [0.05, 0.1) is 5.92 Å². The molecule has 1 fully saturated rings. The summed E-state index contributed by atoms with van der Waals surface area (Å²) in [4.78, 5) is 28.0. The van der Waals surface area contributed by atoms with Gasteiger partial charge in [0, 0.05) is 37.8 Å². The molecule has 2 N–H and O–H groups in total. The van der Waals surface area contributed by atoms with Crippen molar-refractivity contribution in [2.24, 2.45) is 11.7 Å². The Morgan fingerprint density at radius 3 is 2.00 bits per heavy atom. The second-order valence-electron chi connectivity index (χ2n) is 5.77. The molecule has 1 aromatic carbocycles. The number of carbonyl (C=O) groups excluding carboxylic acids is 2. The number of nitrogens with zero attached hydrogens (tertiary/aromatic N) is 2. The highest BCUT2D eigenvalue weighted by Crippen LogP contribution is 2.13. The van der Waals surface area contributed by atoms with Gasteiger partial charge in [0.15, 0.2) is 0 Å². The van der Waals surface area contributed by atoms with Crippen LogP contribution in [0.3, 0.4) is 0 Å². The summed E-state index contributed by atoms with van der Waals surface area (Å²) in [6.45, 7) is 5.60. The summed E-state index contributed by atoms with van der Waals surface area (Å²) in [6, 6.07) is 5.32. The smallest absolute Gasteiger partial charge is 0.253 e. The van der Waals surface area contributed by atoms with E-state index >= 15 is 0 Å². The molecule has 1 aliphatic rings. The van der Waals surface area contributed by atoms with Gasteiger partial charge in [-0.15, -0.1) is 12.4 Å². The van der Waals surface area contributed by atoms with Gasteiger partial charge in [-0.1, -0.05) is 6.92 Å². The summed E-state index contributed by atoms with van der Waals surface area (Å²) in [6.07, 6.45) is 0. The molecular weight excluding hydrogens is 321 g/mol. The summed E-state index contributed by atoms with van der Waals surface area (Å²) in [5, 5.41) is 0. The van der Waals surface area contributed by atoms with Gasteiger partial charge in [0.2, 0.25) is 5.91 Å². The summed E-state index contributed by atoms with van der Waals surface area (Å²) < 4.78 is 12.9. The first kappa shape index (κ1) is 19.4. The molecule has 0 aromatic heterocycles. The minimum atomic E-state index is -0.364. The lowest BCUT2D eigenvalue weighted by atomic mass is 10.0. The van der Waals surface area contributed by atoms with Crippen molar-refractivity contribution in [3.63, 3.8) is 0 Å². The van der Waals surface area contributed by atoms with Crippen LogP contribution in [0.15, 0.2) is 24.3 Å². The van der Waals surface area contributed by atoms with Crippen LogP contribution in [0.4, 0.5) is 4.39 Å². The van der Waals surface area contributed by atoms with E-state index in [4.69, 9.17) is 5.73 Å². The lowest BCUT2D eigenvalue weighted by Crippen LogP contribution is -2.53. The number of benzene rings is 1. The third-order valence-electron chi connectivity index (χ3n) is 4.15. The van der Waals surface area contributed by atoms with Crippen LogP contribution in [-0.2, 0) is 4.79 Å². The molecule has 23 heavy (non-hydrogen) atoms. The average molecular weight is 344 g/mol. The molecular formula is C16H23ClFN3O2. The van der Waals surface area contributed by atoms with E-state index in [9.17, 15) is 14.0 Å².